The van der Waals surface area contributed by atoms with E-state index in [4.69, 9.17) is 23.5 Å². The highest BCUT2D eigenvalue weighted by Gasteiger charge is 2.18. The van der Waals surface area contributed by atoms with Crippen LogP contribution >= 0.6 is 11.3 Å². The molecule has 0 spiro atoms. The molecule has 1 heterocycles. The number of hydrogen-bond acceptors (Lipinski definition) is 1. The molecule has 0 N–H and O–H groups in total. The summed E-state index contributed by atoms with van der Waals surface area (Å²) in [5.74, 6) is 1.10. The smallest absolute Gasteiger partial charge is 0.128 e. The maximum atomic E-state index is 6.01. The zero-order valence-electron chi connectivity index (χ0n) is 20.5. The molecule has 6 radical (unpaired) electrons. The first-order valence-electron chi connectivity index (χ1n) is 11.4. The van der Waals surface area contributed by atoms with E-state index in [-0.39, 0.29) is 0 Å². The van der Waals surface area contributed by atoms with Crippen LogP contribution in [0.4, 0.5) is 0 Å². The lowest BCUT2D eigenvalue weighted by Crippen LogP contribution is -2.18. The molecule has 0 amide bonds. The molecular weight excluding hydrogens is 377 g/mol. The Bertz CT molecular complexity index is 723. The second-order valence-corrected chi connectivity index (χ2v) is 8.59. The van der Waals surface area contributed by atoms with Gasteiger partial charge < -0.3 is 0 Å². The van der Waals surface area contributed by atoms with Gasteiger partial charge in [0.2, 0.25) is 0 Å². The average Bonchev–Trinajstić information content (AvgIpc) is 3.11. The third-order valence-corrected chi connectivity index (χ3v) is 6.51. The molecule has 0 aromatic carbocycles. The van der Waals surface area contributed by atoms with Crippen LogP contribution in [0.1, 0.15) is 86.0 Å². The molecule has 1 fully saturated rings. The molecule has 1 saturated carbocycles. The quantitative estimate of drug-likeness (QED) is 0.367. The van der Waals surface area contributed by atoms with Crippen LogP contribution < -0.4 is 10.2 Å². The Morgan fingerprint density at radius 1 is 0.833 bits per heavy atom. The minimum Gasteiger partial charge on any atom is -0.153 e. The third-order valence-electron chi connectivity index (χ3n) is 5.40. The van der Waals surface area contributed by atoms with Crippen molar-refractivity contribution in [2.24, 2.45) is 5.92 Å². The highest BCUT2D eigenvalue weighted by molar-refractivity contribution is 7.22. The average molecular weight is 416 g/mol. The van der Waals surface area contributed by atoms with Gasteiger partial charge in [0.05, 0.1) is 7.85 Å². The fraction of sp³-hybridized carbons (Fsp3) is 0.538. The van der Waals surface area contributed by atoms with Gasteiger partial charge in [-0.05, 0) is 63.2 Å². The van der Waals surface area contributed by atoms with Crippen LogP contribution in [0.3, 0.4) is 0 Å². The van der Waals surface area contributed by atoms with Crippen molar-refractivity contribution in [1.29, 1.82) is 0 Å². The van der Waals surface area contributed by atoms with Gasteiger partial charge in [-0.3, -0.25) is 0 Å². The normalized spacial score (nSPS) is 20.7. The minimum absolute atomic E-state index is 0.408. The summed E-state index contributed by atoms with van der Waals surface area (Å²) in [6.07, 6.45) is 13.6. The van der Waals surface area contributed by atoms with E-state index in [0.717, 1.165) is 17.7 Å². The van der Waals surface area contributed by atoms with E-state index < -0.39 is 0 Å². The Hall–Kier alpha value is -1.15. The molecule has 30 heavy (non-hydrogen) atoms. The van der Waals surface area contributed by atoms with Crippen molar-refractivity contribution in [3.05, 3.63) is 52.0 Å². The number of hydrogen-bond donors (Lipinski definition) is 0. The van der Waals surface area contributed by atoms with E-state index >= 15 is 0 Å². The monoisotopic (exact) mass is 416 g/mol. The maximum Gasteiger partial charge on any atom is 0.128 e. The molecule has 0 bridgehead atoms. The first kappa shape index (κ1) is 28.9. The van der Waals surface area contributed by atoms with Crippen LogP contribution in [0.2, 0.25) is 5.82 Å². The summed E-state index contributed by atoms with van der Waals surface area (Å²) < 4.78 is 0.689. The van der Waals surface area contributed by atoms with Gasteiger partial charge in [-0.15, -0.1) is 0 Å². The molecule has 0 unspecified atom stereocenters. The van der Waals surface area contributed by atoms with E-state index in [0.29, 0.717) is 22.0 Å². The van der Waals surface area contributed by atoms with Gasteiger partial charge in [0.1, 0.15) is 15.7 Å². The van der Waals surface area contributed by atoms with Crippen molar-refractivity contribution in [2.45, 2.75) is 86.9 Å². The highest BCUT2D eigenvalue weighted by Crippen LogP contribution is 2.34. The van der Waals surface area contributed by atoms with Gasteiger partial charge in [-0.2, -0.15) is 11.3 Å². The van der Waals surface area contributed by atoms with Crippen molar-refractivity contribution < 1.29 is 0 Å². The van der Waals surface area contributed by atoms with Gasteiger partial charge in [0, 0.05) is 4.88 Å². The minimum atomic E-state index is 0.408. The standard InChI is InChI=1S/C22H27B3S.2C2H6/c1-14(5-7-16(3)18-9-11-19(23)12-10-18)15(2)6-8-17(4)21-13-20(24)22(25)26-21;2*1-2/h5-8,13,18-19H,9-12H2,1-4H3;2*1-2H3/b14-5+,15-6+,16-7+,17-8+;;. The summed E-state index contributed by atoms with van der Waals surface area (Å²) in [6.45, 7) is 16.7. The van der Waals surface area contributed by atoms with Crippen molar-refractivity contribution in [1.82, 2.24) is 0 Å². The lowest BCUT2D eigenvalue weighted by atomic mass is 9.70. The van der Waals surface area contributed by atoms with Crippen LogP contribution in [0.25, 0.3) is 5.57 Å². The summed E-state index contributed by atoms with van der Waals surface area (Å²) >= 11 is 1.53. The van der Waals surface area contributed by atoms with Crippen LogP contribution in [-0.4, -0.2) is 23.5 Å². The fourth-order valence-corrected chi connectivity index (χ4v) is 4.00. The predicted octanol–water partition coefficient (Wildman–Crippen LogP) is 6.78. The largest absolute Gasteiger partial charge is 0.153 e. The fourth-order valence-electron chi connectivity index (χ4n) is 3.18. The zero-order chi connectivity index (χ0) is 23.3. The second-order valence-electron chi connectivity index (χ2n) is 7.50. The SMILES string of the molecule is CC.CC.[B]c1cc(/C(C)=C/C=C(C)/C(C)=C/C=C(\C)C2CCC([B])CC2)sc1[B]. The predicted molar refractivity (Wildman–Crippen MR) is 144 cm³/mol. The Kier molecular flexibility index (Phi) is 15.0. The van der Waals surface area contributed by atoms with Gasteiger partial charge in [0.15, 0.2) is 0 Å². The Morgan fingerprint density at radius 2 is 1.33 bits per heavy atom. The van der Waals surface area contributed by atoms with Crippen molar-refractivity contribution in [3.8, 4) is 0 Å². The summed E-state index contributed by atoms with van der Waals surface area (Å²) in [5.41, 5.74) is 5.86. The number of rotatable bonds is 5. The molecule has 0 atom stereocenters. The van der Waals surface area contributed by atoms with Crippen molar-refractivity contribution in [3.63, 3.8) is 0 Å². The summed E-state index contributed by atoms with van der Waals surface area (Å²) in [5, 5.41) is 0. The van der Waals surface area contributed by atoms with E-state index in [1.54, 1.807) is 0 Å². The molecule has 0 aliphatic heterocycles. The third kappa shape index (κ3) is 9.77. The molecule has 1 aliphatic carbocycles. The molecule has 4 heteroatoms. The first-order chi connectivity index (χ1) is 14.3. The van der Waals surface area contributed by atoms with Gasteiger partial charge in [-0.1, -0.05) is 92.5 Å². The van der Waals surface area contributed by atoms with Gasteiger partial charge in [0.25, 0.3) is 0 Å². The molecule has 158 valence electrons. The van der Waals surface area contributed by atoms with Crippen LogP contribution in [0, 0.1) is 5.92 Å². The van der Waals surface area contributed by atoms with E-state index in [9.17, 15) is 0 Å². The molecule has 1 aromatic heterocycles. The van der Waals surface area contributed by atoms with Crippen LogP contribution in [0.5, 0.6) is 0 Å². The first-order valence-corrected chi connectivity index (χ1v) is 12.2. The van der Waals surface area contributed by atoms with Crippen molar-refractivity contribution >= 4 is 50.7 Å². The Balaban J connectivity index is 0.00000198. The molecule has 1 aromatic rings. The van der Waals surface area contributed by atoms with Crippen LogP contribution in [0.15, 0.2) is 47.1 Å². The zero-order valence-corrected chi connectivity index (χ0v) is 21.3. The summed E-state index contributed by atoms with van der Waals surface area (Å²) in [4.78, 5) is 1.12. The van der Waals surface area contributed by atoms with Crippen molar-refractivity contribution in [2.75, 3.05) is 0 Å². The second kappa shape index (κ2) is 15.6. The summed E-state index contributed by atoms with van der Waals surface area (Å²) in [7, 11) is 17.7. The Labute approximate surface area is 195 Å². The van der Waals surface area contributed by atoms with Crippen LogP contribution in [-0.2, 0) is 0 Å². The lowest BCUT2D eigenvalue weighted by molar-refractivity contribution is 0.403. The highest BCUT2D eigenvalue weighted by atomic mass is 32.1. The molecule has 1 aliphatic rings. The number of allylic oxidation sites excluding steroid dienone is 8. The van der Waals surface area contributed by atoms with E-state index in [1.165, 1.54) is 46.5 Å². The van der Waals surface area contributed by atoms with Gasteiger partial charge >= 0.3 is 0 Å². The number of thiophene rings is 1. The lowest BCUT2D eigenvalue weighted by Gasteiger charge is -2.27. The van der Waals surface area contributed by atoms with E-state index in [1.807, 2.05) is 33.8 Å². The molecule has 0 nitrogen and oxygen atoms in total. The molecular formula is C26H39B3S. The Morgan fingerprint density at radius 3 is 1.80 bits per heavy atom. The maximum absolute atomic E-state index is 6.01. The van der Waals surface area contributed by atoms with Gasteiger partial charge in [-0.25, -0.2) is 0 Å². The van der Waals surface area contributed by atoms with E-state index in [2.05, 4.69) is 52.0 Å². The molecule has 0 saturated heterocycles. The molecule has 2 rings (SSSR count). The topological polar surface area (TPSA) is 0 Å². The summed E-state index contributed by atoms with van der Waals surface area (Å²) in [6, 6.07) is 1.94.